The van der Waals surface area contributed by atoms with E-state index in [1.165, 1.54) is 11.3 Å². The monoisotopic (exact) mass is 392 g/mol. The quantitative estimate of drug-likeness (QED) is 0.562. The second-order valence-corrected chi connectivity index (χ2v) is 7.31. The van der Waals surface area contributed by atoms with Gasteiger partial charge in [-0.05, 0) is 30.3 Å². The van der Waals surface area contributed by atoms with Gasteiger partial charge in [0.15, 0.2) is 28.0 Å². The van der Waals surface area contributed by atoms with E-state index in [0.717, 1.165) is 20.8 Å². The molecule has 2 aromatic carbocycles. The number of thiazole rings is 1. The predicted molar refractivity (Wildman–Crippen MR) is 106 cm³/mol. The van der Waals surface area contributed by atoms with Crippen molar-refractivity contribution >= 4 is 27.5 Å². The van der Waals surface area contributed by atoms with Crippen molar-refractivity contribution in [2.45, 2.75) is 6.54 Å². The van der Waals surface area contributed by atoms with E-state index < -0.39 is 0 Å². The van der Waals surface area contributed by atoms with Crippen molar-refractivity contribution in [2.24, 2.45) is 0 Å². The number of fused-ring (bicyclic) bond motifs is 2. The number of furan rings is 1. The SMILES string of the molecule is O=C(NCc1cccc2c1OCCO2)c1ccc(-c2nc3ccccc3s2)o1. The molecule has 7 heteroatoms. The Bertz CT molecular complexity index is 1130. The lowest BCUT2D eigenvalue weighted by Crippen LogP contribution is -2.24. The average molecular weight is 392 g/mol. The van der Waals surface area contributed by atoms with Crippen LogP contribution in [0.15, 0.2) is 59.0 Å². The lowest BCUT2D eigenvalue weighted by molar-refractivity contribution is 0.0923. The van der Waals surface area contributed by atoms with Gasteiger partial charge in [-0.25, -0.2) is 4.98 Å². The van der Waals surface area contributed by atoms with Crippen LogP contribution in [0.3, 0.4) is 0 Å². The van der Waals surface area contributed by atoms with E-state index in [2.05, 4.69) is 10.3 Å². The molecule has 140 valence electrons. The van der Waals surface area contributed by atoms with Gasteiger partial charge in [0.05, 0.1) is 10.2 Å². The normalized spacial score (nSPS) is 12.9. The van der Waals surface area contributed by atoms with Crippen LogP contribution in [-0.2, 0) is 6.54 Å². The Balaban J connectivity index is 1.32. The lowest BCUT2D eigenvalue weighted by Gasteiger charge is -2.20. The van der Waals surface area contributed by atoms with Crippen LogP contribution in [0, 0.1) is 0 Å². The first kappa shape index (κ1) is 16.8. The summed E-state index contributed by atoms with van der Waals surface area (Å²) in [6.07, 6.45) is 0. The molecule has 1 aliphatic rings. The van der Waals surface area contributed by atoms with Crippen molar-refractivity contribution in [1.82, 2.24) is 10.3 Å². The van der Waals surface area contributed by atoms with Crippen LogP contribution in [0.2, 0.25) is 0 Å². The van der Waals surface area contributed by atoms with Crippen LogP contribution >= 0.6 is 11.3 Å². The Morgan fingerprint density at radius 2 is 1.93 bits per heavy atom. The first-order chi connectivity index (χ1) is 13.8. The second kappa shape index (κ2) is 7.01. The van der Waals surface area contributed by atoms with Crippen molar-refractivity contribution < 1.29 is 18.7 Å². The average Bonchev–Trinajstić information content (AvgIpc) is 3.39. The maximum atomic E-state index is 12.5. The summed E-state index contributed by atoms with van der Waals surface area (Å²) < 4.78 is 18.1. The molecule has 0 spiro atoms. The van der Waals surface area contributed by atoms with Gasteiger partial charge >= 0.3 is 0 Å². The number of nitrogens with zero attached hydrogens (tertiary/aromatic N) is 1. The van der Waals surface area contributed by atoms with E-state index in [0.29, 0.717) is 37.0 Å². The van der Waals surface area contributed by atoms with Gasteiger partial charge < -0.3 is 19.2 Å². The molecular formula is C21H16N2O4S. The molecule has 4 aromatic rings. The van der Waals surface area contributed by atoms with Crippen LogP contribution in [0.1, 0.15) is 16.1 Å². The summed E-state index contributed by atoms with van der Waals surface area (Å²) in [4.78, 5) is 17.1. The molecule has 5 rings (SSSR count). The number of ether oxygens (including phenoxy) is 2. The van der Waals surface area contributed by atoms with Gasteiger partial charge in [0, 0.05) is 12.1 Å². The van der Waals surface area contributed by atoms with E-state index in [1.54, 1.807) is 12.1 Å². The fourth-order valence-corrected chi connectivity index (χ4v) is 4.02. The van der Waals surface area contributed by atoms with Gasteiger partial charge in [0.2, 0.25) is 0 Å². The van der Waals surface area contributed by atoms with Gasteiger partial charge in [-0.1, -0.05) is 24.3 Å². The van der Waals surface area contributed by atoms with Gasteiger partial charge in [0.1, 0.15) is 13.2 Å². The molecule has 3 heterocycles. The Kier molecular flexibility index (Phi) is 4.21. The predicted octanol–water partition coefficient (Wildman–Crippen LogP) is 4.26. The number of aromatic nitrogens is 1. The summed E-state index contributed by atoms with van der Waals surface area (Å²) in [6, 6.07) is 17.0. The third-order valence-corrected chi connectivity index (χ3v) is 5.47. The zero-order valence-electron chi connectivity index (χ0n) is 14.8. The van der Waals surface area contributed by atoms with E-state index in [9.17, 15) is 4.79 Å². The molecule has 2 aromatic heterocycles. The number of amides is 1. The van der Waals surface area contributed by atoms with Crippen LogP contribution in [0.25, 0.3) is 21.0 Å². The van der Waals surface area contributed by atoms with Crippen molar-refractivity contribution in [2.75, 3.05) is 13.2 Å². The summed E-state index contributed by atoms with van der Waals surface area (Å²) in [5, 5.41) is 3.62. The Morgan fingerprint density at radius 1 is 1.04 bits per heavy atom. The molecule has 0 bridgehead atoms. The zero-order chi connectivity index (χ0) is 18.9. The molecule has 6 nitrogen and oxygen atoms in total. The summed E-state index contributed by atoms with van der Waals surface area (Å²) >= 11 is 1.53. The van der Waals surface area contributed by atoms with Crippen LogP contribution in [0.4, 0.5) is 0 Å². The first-order valence-corrected chi connectivity index (χ1v) is 9.71. The number of rotatable bonds is 4. The van der Waals surface area contributed by atoms with Crippen molar-refractivity contribution in [1.29, 1.82) is 0 Å². The highest BCUT2D eigenvalue weighted by molar-refractivity contribution is 7.21. The van der Waals surface area contributed by atoms with Crippen LogP contribution in [-0.4, -0.2) is 24.1 Å². The lowest BCUT2D eigenvalue weighted by atomic mass is 10.1. The molecule has 0 aliphatic carbocycles. The minimum atomic E-state index is -0.290. The maximum absolute atomic E-state index is 12.5. The van der Waals surface area contributed by atoms with E-state index >= 15 is 0 Å². The summed E-state index contributed by atoms with van der Waals surface area (Å²) in [6.45, 7) is 1.36. The zero-order valence-corrected chi connectivity index (χ0v) is 15.6. The largest absolute Gasteiger partial charge is 0.486 e. The second-order valence-electron chi connectivity index (χ2n) is 6.27. The molecule has 0 saturated carbocycles. The standard InChI is InChI=1S/C21H16N2O4S/c24-20(22-12-13-4-3-6-15-19(13)26-11-10-25-15)16-8-9-17(27-16)21-23-14-5-1-2-7-18(14)28-21/h1-9H,10-12H2,(H,22,24). The number of hydrogen-bond acceptors (Lipinski definition) is 6. The molecule has 0 saturated heterocycles. The summed E-state index contributed by atoms with van der Waals surface area (Å²) in [5.74, 6) is 1.93. The first-order valence-electron chi connectivity index (χ1n) is 8.89. The number of hydrogen-bond donors (Lipinski definition) is 1. The maximum Gasteiger partial charge on any atom is 0.287 e. The molecule has 1 amide bonds. The Morgan fingerprint density at radius 3 is 2.86 bits per heavy atom. The van der Waals surface area contributed by atoms with Gasteiger partial charge in [-0.3, -0.25) is 4.79 Å². The number of carbonyl (C=O) groups is 1. The Labute approximate surface area is 164 Å². The van der Waals surface area contributed by atoms with Crippen molar-refractivity contribution in [3.63, 3.8) is 0 Å². The number of carbonyl (C=O) groups excluding carboxylic acids is 1. The fraction of sp³-hybridized carbons (Fsp3) is 0.143. The van der Waals surface area contributed by atoms with Gasteiger partial charge in [-0.15, -0.1) is 11.3 Å². The molecule has 1 N–H and O–H groups in total. The van der Waals surface area contributed by atoms with Gasteiger partial charge in [0.25, 0.3) is 5.91 Å². The highest BCUT2D eigenvalue weighted by Crippen LogP contribution is 2.34. The van der Waals surface area contributed by atoms with E-state index in [1.807, 2.05) is 42.5 Å². The minimum Gasteiger partial charge on any atom is -0.486 e. The molecule has 0 radical (unpaired) electrons. The van der Waals surface area contributed by atoms with Crippen LogP contribution < -0.4 is 14.8 Å². The van der Waals surface area contributed by atoms with E-state index in [4.69, 9.17) is 13.9 Å². The van der Waals surface area contributed by atoms with Crippen LogP contribution in [0.5, 0.6) is 11.5 Å². The minimum absolute atomic E-state index is 0.247. The highest BCUT2D eigenvalue weighted by atomic mass is 32.1. The number of para-hydroxylation sites is 2. The van der Waals surface area contributed by atoms with Crippen molar-refractivity contribution in [3.8, 4) is 22.3 Å². The van der Waals surface area contributed by atoms with Crippen molar-refractivity contribution in [3.05, 3.63) is 65.9 Å². The molecule has 1 aliphatic heterocycles. The molecule has 0 atom stereocenters. The smallest absolute Gasteiger partial charge is 0.287 e. The topological polar surface area (TPSA) is 73.6 Å². The summed E-state index contributed by atoms with van der Waals surface area (Å²) in [7, 11) is 0. The molecule has 28 heavy (non-hydrogen) atoms. The highest BCUT2D eigenvalue weighted by Gasteiger charge is 2.18. The number of benzene rings is 2. The number of nitrogens with one attached hydrogen (secondary N) is 1. The van der Waals surface area contributed by atoms with E-state index in [-0.39, 0.29) is 11.7 Å². The Hall–Kier alpha value is -3.32. The summed E-state index contributed by atoms with van der Waals surface area (Å²) in [5.41, 5.74) is 1.78. The van der Waals surface area contributed by atoms with Gasteiger partial charge in [-0.2, -0.15) is 0 Å². The third-order valence-electron chi connectivity index (χ3n) is 4.42. The molecular weight excluding hydrogens is 376 g/mol. The third kappa shape index (κ3) is 3.10. The molecule has 0 unspecified atom stereocenters. The molecule has 0 fully saturated rings. The fourth-order valence-electron chi connectivity index (χ4n) is 3.09.